The summed E-state index contributed by atoms with van der Waals surface area (Å²) in [5.41, 5.74) is -0.435. The van der Waals surface area contributed by atoms with Gasteiger partial charge in [-0.05, 0) is 18.2 Å². The zero-order valence-corrected chi connectivity index (χ0v) is 13.1. The summed E-state index contributed by atoms with van der Waals surface area (Å²) in [5.74, 6) is -1.68. The van der Waals surface area contributed by atoms with Gasteiger partial charge in [-0.3, -0.25) is 14.9 Å². The number of nitro benzene ring substituents is 1. The first kappa shape index (κ1) is 17.7. The molecule has 25 heavy (non-hydrogen) atoms. The molecule has 0 radical (unpaired) electrons. The van der Waals surface area contributed by atoms with Crippen molar-refractivity contribution in [2.45, 2.75) is 0 Å². The number of amides is 1. The fourth-order valence-corrected chi connectivity index (χ4v) is 1.94. The number of nitrogens with zero attached hydrogens (tertiary/aromatic N) is 1. The summed E-state index contributed by atoms with van der Waals surface area (Å²) in [6, 6.07) is 9.53. The van der Waals surface area contributed by atoms with Crippen molar-refractivity contribution in [1.82, 2.24) is 0 Å². The zero-order valence-electron chi connectivity index (χ0n) is 13.1. The van der Waals surface area contributed by atoms with Crippen molar-refractivity contribution in [2.24, 2.45) is 0 Å². The molecule has 0 atom stereocenters. The highest BCUT2D eigenvalue weighted by Gasteiger charge is 2.18. The van der Waals surface area contributed by atoms with Crippen LogP contribution in [0.5, 0.6) is 11.5 Å². The van der Waals surface area contributed by atoms with Crippen LogP contribution in [0, 0.1) is 10.1 Å². The first-order chi connectivity index (χ1) is 11.9. The molecule has 0 unspecified atom stereocenters. The Morgan fingerprint density at radius 2 is 1.96 bits per heavy atom. The van der Waals surface area contributed by atoms with Crippen molar-refractivity contribution in [2.75, 3.05) is 19.0 Å². The lowest BCUT2D eigenvalue weighted by Gasteiger charge is -2.08. The first-order valence-corrected chi connectivity index (χ1v) is 6.99. The van der Waals surface area contributed by atoms with E-state index in [-0.39, 0.29) is 22.7 Å². The average Bonchev–Trinajstić information content (AvgIpc) is 2.59. The van der Waals surface area contributed by atoms with Gasteiger partial charge in [0.05, 0.1) is 12.0 Å². The fourth-order valence-electron chi connectivity index (χ4n) is 1.94. The molecule has 0 saturated carbocycles. The Balaban J connectivity index is 1.98. The number of carbonyl (C=O) groups excluding carboxylic acids is 2. The quantitative estimate of drug-likeness (QED) is 0.465. The molecule has 0 bridgehead atoms. The van der Waals surface area contributed by atoms with Crippen LogP contribution >= 0.6 is 0 Å². The number of methoxy groups -OCH3 is 1. The summed E-state index contributed by atoms with van der Waals surface area (Å²) >= 11 is 0. The number of nitro groups is 1. The number of hydrogen-bond donors (Lipinski definition) is 2. The molecule has 2 aromatic carbocycles. The normalized spacial score (nSPS) is 9.96. The van der Waals surface area contributed by atoms with Gasteiger partial charge in [0.1, 0.15) is 22.7 Å². The Hall–Kier alpha value is -3.62. The van der Waals surface area contributed by atoms with Gasteiger partial charge in [-0.2, -0.15) is 0 Å². The van der Waals surface area contributed by atoms with Gasteiger partial charge in [0.25, 0.3) is 11.6 Å². The monoisotopic (exact) mass is 346 g/mol. The second-order valence-electron chi connectivity index (χ2n) is 4.78. The number of aromatic hydroxyl groups is 1. The van der Waals surface area contributed by atoms with Crippen molar-refractivity contribution >= 4 is 23.3 Å². The SMILES string of the molecule is COc1ccc(C(=O)OCC(=O)Nc2ccccc2[N+](=O)[O-])c(O)c1. The Labute approximate surface area is 141 Å². The Morgan fingerprint density at radius 1 is 1.24 bits per heavy atom. The Morgan fingerprint density at radius 3 is 2.60 bits per heavy atom. The molecule has 0 saturated heterocycles. The zero-order chi connectivity index (χ0) is 18.4. The van der Waals surface area contributed by atoms with E-state index in [2.05, 4.69) is 5.32 Å². The smallest absolute Gasteiger partial charge is 0.342 e. The third-order valence-corrected chi connectivity index (χ3v) is 3.13. The number of esters is 1. The molecule has 0 spiro atoms. The van der Waals surface area contributed by atoms with Crippen LogP contribution in [0.1, 0.15) is 10.4 Å². The second-order valence-corrected chi connectivity index (χ2v) is 4.78. The number of anilines is 1. The summed E-state index contributed by atoms with van der Waals surface area (Å²) in [6.45, 7) is -0.670. The molecule has 2 rings (SSSR count). The molecular formula is C16H14N2O7. The van der Waals surface area contributed by atoms with E-state index in [0.29, 0.717) is 5.75 Å². The van der Waals surface area contributed by atoms with Gasteiger partial charge < -0.3 is 19.9 Å². The standard InChI is InChI=1S/C16H14N2O7/c1-24-10-6-7-11(14(19)8-10)16(21)25-9-15(20)17-12-4-2-3-5-13(12)18(22)23/h2-8,19H,9H2,1H3,(H,17,20). The van der Waals surface area contributed by atoms with Gasteiger partial charge in [0, 0.05) is 12.1 Å². The van der Waals surface area contributed by atoms with Gasteiger partial charge in [0.15, 0.2) is 6.61 Å². The van der Waals surface area contributed by atoms with E-state index >= 15 is 0 Å². The molecule has 9 nitrogen and oxygen atoms in total. The van der Waals surface area contributed by atoms with E-state index in [1.54, 1.807) is 0 Å². The van der Waals surface area contributed by atoms with Gasteiger partial charge in [-0.25, -0.2) is 4.79 Å². The van der Waals surface area contributed by atoms with E-state index in [1.165, 1.54) is 49.6 Å². The van der Waals surface area contributed by atoms with Crippen molar-refractivity contribution < 1.29 is 29.1 Å². The van der Waals surface area contributed by atoms with Gasteiger partial charge >= 0.3 is 5.97 Å². The van der Waals surface area contributed by atoms with Crippen molar-refractivity contribution in [3.05, 3.63) is 58.1 Å². The molecule has 2 N–H and O–H groups in total. The molecule has 2 aromatic rings. The summed E-state index contributed by atoms with van der Waals surface area (Å²) in [7, 11) is 1.40. The molecule has 0 aliphatic carbocycles. The molecule has 0 aliphatic heterocycles. The van der Waals surface area contributed by atoms with Crippen LogP contribution in [0.25, 0.3) is 0 Å². The van der Waals surface area contributed by atoms with Gasteiger partial charge in [0.2, 0.25) is 0 Å². The molecule has 0 aromatic heterocycles. The topological polar surface area (TPSA) is 128 Å². The third-order valence-electron chi connectivity index (χ3n) is 3.13. The number of carbonyl (C=O) groups is 2. The Kier molecular flexibility index (Phi) is 5.51. The number of nitrogens with one attached hydrogen (secondary N) is 1. The molecule has 0 fully saturated rings. The van der Waals surface area contributed by atoms with Crippen molar-refractivity contribution in [3.63, 3.8) is 0 Å². The summed E-state index contributed by atoms with van der Waals surface area (Å²) in [6.07, 6.45) is 0. The summed E-state index contributed by atoms with van der Waals surface area (Å²) in [4.78, 5) is 33.9. The maximum Gasteiger partial charge on any atom is 0.342 e. The van der Waals surface area contributed by atoms with Crippen LogP contribution in [0.2, 0.25) is 0 Å². The maximum atomic E-state index is 11.9. The van der Waals surface area contributed by atoms with Crippen LogP contribution < -0.4 is 10.1 Å². The number of phenolic OH excluding ortho intramolecular Hbond substituents is 1. The average molecular weight is 346 g/mol. The maximum absolute atomic E-state index is 11.9. The second kappa shape index (κ2) is 7.77. The largest absolute Gasteiger partial charge is 0.507 e. The molecule has 1 amide bonds. The molecule has 0 heterocycles. The summed E-state index contributed by atoms with van der Waals surface area (Å²) in [5, 5.41) is 22.9. The molecular weight excluding hydrogens is 332 g/mol. The molecule has 9 heteroatoms. The number of ether oxygens (including phenoxy) is 2. The number of phenols is 1. The van der Waals surface area contributed by atoms with Crippen LogP contribution in [0.4, 0.5) is 11.4 Å². The summed E-state index contributed by atoms with van der Waals surface area (Å²) < 4.78 is 9.69. The highest BCUT2D eigenvalue weighted by Crippen LogP contribution is 2.24. The predicted molar refractivity (Wildman–Crippen MR) is 86.7 cm³/mol. The lowest BCUT2D eigenvalue weighted by Crippen LogP contribution is -2.21. The molecule has 0 aliphatic rings. The lowest BCUT2D eigenvalue weighted by molar-refractivity contribution is -0.383. The van der Waals surface area contributed by atoms with Crippen LogP contribution in [-0.4, -0.2) is 35.6 Å². The highest BCUT2D eigenvalue weighted by atomic mass is 16.6. The van der Waals surface area contributed by atoms with Crippen molar-refractivity contribution in [3.8, 4) is 11.5 Å². The van der Waals surface area contributed by atoms with E-state index in [4.69, 9.17) is 9.47 Å². The van der Waals surface area contributed by atoms with Gasteiger partial charge in [-0.15, -0.1) is 0 Å². The van der Waals surface area contributed by atoms with Crippen LogP contribution in [0.3, 0.4) is 0 Å². The lowest BCUT2D eigenvalue weighted by atomic mass is 10.2. The fraction of sp³-hybridized carbons (Fsp3) is 0.125. The highest BCUT2D eigenvalue weighted by molar-refractivity contribution is 5.97. The number of rotatable bonds is 6. The number of para-hydroxylation sites is 2. The van der Waals surface area contributed by atoms with E-state index in [1.807, 2.05) is 0 Å². The van der Waals surface area contributed by atoms with Crippen molar-refractivity contribution in [1.29, 1.82) is 0 Å². The van der Waals surface area contributed by atoms with E-state index in [0.717, 1.165) is 0 Å². The minimum absolute atomic E-state index is 0.0131. The molecule has 130 valence electrons. The number of hydrogen-bond acceptors (Lipinski definition) is 7. The minimum atomic E-state index is -0.919. The van der Waals surface area contributed by atoms with Crippen LogP contribution in [0.15, 0.2) is 42.5 Å². The number of benzene rings is 2. The predicted octanol–water partition coefficient (Wildman–Crippen LogP) is 2.10. The van der Waals surface area contributed by atoms with Crippen LogP contribution in [-0.2, 0) is 9.53 Å². The Bertz CT molecular complexity index is 820. The van der Waals surface area contributed by atoms with E-state index in [9.17, 15) is 24.8 Å². The third kappa shape index (κ3) is 4.44. The van der Waals surface area contributed by atoms with Gasteiger partial charge in [-0.1, -0.05) is 12.1 Å². The minimum Gasteiger partial charge on any atom is -0.507 e. The first-order valence-electron chi connectivity index (χ1n) is 6.99. The van der Waals surface area contributed by atoms with E-state index < -0.39 is 23.4 Å².